The maximum Gasteiger partial charge on any atom is 0.314 e. The number of piperidine rings is 1. The Balaban J connectivity index is 2.42. The number of carboxylic acids is 1. The predicted octanol–water partition coefficient (Wildman–Crippen LogP) is 2.04. The zero-order valence-electron chi connectivity index (χ0n) is 10.4. The lowest BCUT2D eigenvalue weighted by molar-refractivity contribution is -0.145. The molecule has 0 radical (unpaired) electrons. The zero-order valence-corrected chi connectivity index (χ0v) is 10.4. The highest BCUT2D eigenvalue weighted by molar-refractivity contribution is 5.82. The number of carbonyl (C=O) groups is 1. The van der Waals surface area contributed by atoms with E-state index in [1.807, 2.05) is 38.2 Å². The summed E-state index contributed by atoms with van der Waals surface area (Å²) in [5, 5.41) is 9.63. The smallest absolute Gasteiger partial charge is 0.314 e. The highest BCUT2D eigenvalue weighted by atomic mass is 16.4. The fourth-order valence-corrected chi connectivity index (χ4v) is 2.71. The molecule has 0 unspecified atom stereocenters. The van der Waals surface area contributed by atoms with Gasteiger partial charge in [-0.1, -0.05) is 24.3 Å². The van der Waals surface area contributed by atoms with Crippen molar-refractivity contribution in [1.82, 2.24) is 4.90 Å². The normalized spacial score (nSPS) is 20.1. The van der Waals surface area contributed by atoms with Crippen molar-refractivity contribution in [2.75, 3.05) is 20.1 Å². The molecule has 3 heteroatoms. The minimum Gasteiger partial charge on any atom is -0.481 e. The van der Waals surface area contributed by atoms with E-state index in [1.165, 1.54) is 0 Å². The Kier molecular flexibility index (Phi) is 3.20. The van der Waals surface area contributed by atoms with Gasteiger partial charge in [-0.3, -0.25) is 4.79 Å². The summed E-state index contributed by atoms with van der Waals surface area (Å²) in [4.78, 5) is 13.9. The van der Waals surface area contributed by atoms with E-state index in [1.54, 1.807) is 0 Å². The highest BCUT2D eigenvalue weighted by Crippen LogP contribution is 2.37. The maximum absolute atomic E-state index is 11.7. The Labute approximate surface area is 102 Å². The standard InChI is InChI=1S/C14H19NO2/c1-11-5-3-4-6-12(11)14(13(16)17)7-9-15(2)10-8-14/h3-6H,7-10H2,1-2H3,(H,16,17). The molecule has 3 nitrogen and oxygen atoms in total. The first-order valence-corrected chi connectivity index (χ1v) is 6.04. The Morgan fingerprint density at radius 2 is 1.88 bits per heavy atom. The van der Waals surface area contributed by atoms with Crippen molar-refractivity contribution in [1.29, 1.82) is 0 Å². The van der Waals surface area contributed by atoms with Gasteiger partial charge in [-0.2, -0.15) is 0 Å². The zero-order chi connectivity index (χ0) is 12.5. The minimum absolute atomic E-state index is 0.681. The van der Waals surface area contributed by atoms with Crippen LogP contribution in [-0.2, 0) is 10.2 Å². The number of aliphatic carboxylic acids is 1. The molecule has 92 valence electrons. The Morgan fingerprint density at radius 3 is 2.41 bits per heavy atom. The molecule has 1 fully saturated rings. The topological polar surface area (TPSA) is 40.5 Å². The van der Waals surface area contributed by atoms with Gasteiger partial charge in [0.05, 0.1) is 5.41 Å². The number of aryl methyl sites for hydroxylation is 1. The van der Waals surface area contributed by atoms with Gasteiger partial charge in [0.25, 0.3) is 0 Å². The number of carboxylic acid groups (broad SMARTS) is 1. The van der Waals surface area contributed by atoms with E-state index in [4.69, 9.17) is 0 Å². The second-order valence-corrected chi connectivity index (χ2v) is 5.01. The van der Waals surface area contributed by atoms with Crippen molar-refractivity contribution in [3.8, 4) is 0 Å². The number of nitrogens with zero attached hydrogens (tertiary/aromatic N) is 1. The second-order valence-electron chi connectivity index (χ2n) is 5.01. The molecule has 2 rings (SSSR count). The third-order valence-electron chi connectivity index (χ3n) is 3.91. The maximum atomic E-state index is 11.7. The van der Waals surface area contributed by atoms with Crippen LogP contribution < -0.4 is 0 Å². The second kappa shape index (κ2) is 4.49. The molecule has 0 atom stereocenters. The summed E-state index contributed by atoms with van der Waals surface area (Å²) in [7, 11) is 2.05. The minimum atomic E-state index is -0.683. The lowest BCUT2D eigenvalue weighted by Gasteiger charge is -2.38. The van der Waals surface area contributed by atoms with Crippen molar-refractivity contribution >= 4 is 5.97 Å². The van der Waals surface area contributed by atoms with Gasteiger partial charge >= 0.3 is 5.97 Å². The summed E-state index contributed by atoms with van der Waals surface area (Å²) >= 11 is 0. The van der Waals surface area contributed by atoms with Crippen LogP contribution in [-0.4, -0.2) is 36.1 Å². The van der Waals surface area contributed by atoms with Crippen molar-refractivity contribution < 1.29 is 9.90 Å². The molecule has 0 aromatic heterocycles. The molecular formula is C14H19NO2. The molecule has 17 heavy (non-hydrogen) atoms. The van der Waals surface area contributed by atoms with Crippen LogP contribution >= 0.6 is 0 Å². The van der Waals surface area contributed by atoms with Crippen LogP contribution in [0.25, 0.3) is 0 Å². The van der Waals surface area contributed by atoms with Crippen molar-refractivity contribution in [2.24, 2.45) is 0 Å². The van der Waals surface area contributed by atoms with E-state index in [0.717, 1.165) is 24.2 Å². The van der Waals surface area contributed by atoms with Gasteiger partial charge in [0, 0.05) is 0 Å². The molecular weight excluding hydrogens is 214 g/mol. The molecule has 1 aliphatic rings. The Morgan fingerprint density at radius 1 is 1.29 bits per heavy atom. The van der Waals surface area contributed by atoms with Crippen LogP contribution in [0.3, 0.4) is 0 Å². The highest BCUT2D eigenvalue weighted by Gasteiger charge is 2.43. The number of hydrogen-bond acceptors (Lipinski definition) is 2. The summed E-state index contributed by atoms with van der Waals surface area (Å²) in [6.45, 7) is 3.69. The number of likely N-dealkylation sites (tertiary alicyclic amines) is 1. The van der Waals surface area contributed by atoms with E-state index in [2.05, 4.69) is 4.90 Å². The quantitative estimate of drug-likeness (QED) is 0.850. The SMILES string of the molecule is Cc1ccccc1C1(C(=O)O)CCN(C)CC1. The lowest BCUT2D eigenvalue weighted by atomic mass is 9.71. The van der Waals surface area contributed by atoms with Gasteiger partial charge in [-0.05, 0) is 51.0 Å². The van der Waals surface area contributed by atoms with Crippen LogP contribution in [0, 0.1) is 6.92 Å². The van der Waals surface area contributed by atoms with E-state index < -0.39 is 11.4 Å². The van der Waals surface area contributed by atoms with Crippen LogP contribution in [0.5, 0.6) is 0 Å². The molecule has 0 aliphatic carbocycles. The summed E-state index contributed by atoms with van der Waals surface area (Å²) in [5.74, 6) is -0.681. The average molecular weight is 233 g/mol. The molecule has 1 aromatic carbocycles. The molecule has 1 heterocycles. The lowest BCUT2D eigenvalue weighted by Crippen LogP contribution is -2.46. The first-order valence-electron chi connectivity index (χ1n) is 6.04. The van der Waals surface area contributed by atoms with Crippen molar-refractivity contribution in [3.05, 3.63) is 35.4 Å². The summed E-state index contributed by atoms with van der Waals surface area (Å²) < 4.78 is 0. The van der Waals surface area contributed by atoms with Gasteiger partial charge in [-0.15, -0.1) is 0 Å². The van der Waals surface area contributed by atoms with Gasteiger partial charge in [0.1, 0.15) is 0 Å². The monoisotopic (exact) mass is 233 g/mol. The number of rotatable bonds is 2. The molecule has 1 aliphatic heterocycles. The molecule has 1 saturated heterocycles. The average Bonchev–Trinajstić information content (AvgIpc) is 2.31. The molecule has 0 spiro atoms. The first kappa shape index (κ1) is 12.1. The van der Waals surface area contributed by atoms with E-state index in [-0.39, 0.29) is 0 Å². The van der Waals surface area contributed by atoms with E-state index in [9.17, 15) is 9.90 Å². The fourth-order valence-electron chi connectivity index (χ4n) is 2.71. The summed E-state index contributed by atoms with van der Waals surface area (Å²) in [6, 6.07) is 7.86. The van der Waals surface area contributed by atoms with Crippen LogP contribution in [0.1, 0.15) is 24.0 Å². The molecule has 1 N–H and O–H groups in total. The van der Waals surface area contributed by atoms with Gasteiger partial charge in [0.2, 0.25) is 0 Å². The van der Waals surface area contributed by atoms with Crippen LogP contribution in [0.15, 0.2) is 24.3 Å². The first-order chi connectivity index (χ1) is 8.06. The van der Waals surface area contributed by atoms with E-state index in [0.29, 0.717) is 12.8 Å². The summed E-state index contributed by atoms with van der Waals surface area (Å²) in [6.07, 6.45) is 1.40. The van der Waals surface area contributed by atoms with Gasteiger partial charge in [-0.25, -0.2) is 0 Å². The molecule has 1 aromatic rings. The number of hydrogen-bond donors (Lipinski definition) is 1. The van der Waals surface area contributed by atoms with Gasteiger partial charge in [0.15, 0.2) is 0 Å². The van der Waals surface area contributed by atoms with Gasteiger partial charge < -0.3 is 10.0 Å². The Hall–Kier alpha value is -1.35. The molecule has 0 saturated carbocycles. The van der Waals surface area contributed by atoms with Crippen molar-refractivity contribution in [2.45, 2.75) is 25.2 Å². The molecule has 0 amide bonds. The number of benzene rings is 1. The van der Waals surface area contributed by atoms with Crippen LogP contribution in [0.2, 0.25) is 0 Å². The van der Waals surface area contributed by atoms with Crippen molar-refractivity contribution in [3.63, 3.8) is 0 Å². The summed E-state index contributed by atoms with van der Waals surface area (Å²) in [5.41, 5.74) is 1.39. The van der Waals surface area contributed by atoms with E-state index >= 15 is 0 Å². The third kappa shape index (κ3) is 2.07. The largest absolute Gasteiger partial charge is 0.481 e. The third-order valence-corrected chi connectivity index (χ3v) is 3.91. The predicted molar refractivity (Wildman–Crippen MR) is 67.2 cm³/mol. The Bertz CT molecular complexity index is 420. The fraction of sp³-hybridized carbons (Fsp3) is 0.500. The van der Waals surface area contributed by atoms with Crippen LogP contribution in [0.4, 0.5) is 0 Å². The molecule has 0 bridgehead atoms.